The minimum absolute atomic E-state index is 0.0390. The number of unbranched alkanes of at least 4 members (excludes halogenated alkanes) is 3. The second-order valence-electron chi connectivity index (χ2n) is 4.99. The molecule has 0 aliphatic rings. The van der Waals surface area contributed by atoms with E-state index in [-0.39, 0.29) is 6.10 Å². The molecule has 1 nitrogen and oxygen atoms in total. The van der Waals surface area contributed by atoms with Crippen molar-refractivity contribution in [3.63, 3.8) is 0 Å². The largest absolute Gasteiger partial charge is 0.369 e. The van der Waals surface area contributed by atoms with Crippen LogP contribution in [0, 0.1) is 6.92 Å². The Kier molecular flexibility index (Phi) is 6.33. The first-order chi connectivity index (χ1) is 9.92. The first kappa shape index (κ1) is 14.8. The normalized spacial score (nSPS) is 10.9. The van der Waals surface area contributed by atoms with E-state index in [0.29, 0.717) is 0 Å². The summed E-state index contributed by atoms with van der Waals surface area (Å²) < 4.78 is 6.14. The molecule has 1 heteroatoms. The quantitative estimate of drug-likeness (QED) is 0.598. The highest BCUT2D eigenvalue weighted by atomic mass is 16.5. The van der Waals surface area contributed by atoms with Crippen molar-refractivity contribution in [2.75, 3.05) is 6.61 Å². The summed E-state index contributed by atoms with van der Waals surface area (Å²) in [5, 5.41) is 0. The third-order valence-corrected chi connectivity index (χ3v) is 3.38. The second kappa shape index (κ2) is 8.55. The molecule has 0 aromatic heterocycles. The summed E-state index contributed by atoms with van der Waals surface area (Å²) in [7, 11) is 0. The summed E-state index contributed by atoms with van der Waals surface area (Å²) in [5.74, 6) is 0. The molecule has 0 aliphatic carbocycles. The average molecular weight is 267 g/mol. The van der Waals surface area contributed by atoms with Crippen molar-refractivity contribution in [3.05, 3.63) is 78.7 Å². The fourth-order valence-electron chi connectivity index (χ4n) is 2.30. The fraction of sp³-hybridized carbons (Fsp3) is 0.316. The Morgan fingerprint density at radius 1 is 0.750 bits per heavy atom. The van der Waals surface area contributed by atoms with Crippen molar-refractivity contribution in [3.8, 4) is 0 Å². The topological polar surface area (TPSA) is 9.23 Å². The van der Waals surface area contributed by atoms with E-state index in [1.54, 1.807) is 0 Å². The van der Waals surface area contributed by atoms with Crippen LogP contribution in [0.4, 0.5) is 0 Å². The van der Waals surface area contributed by atoms with Crippen LogP contribution in [0.2, 0.25) is 0 Å². The summed E-state index contributed by atoms with van der Waals surface area (Å²) >= 11 is 0. The van der Waals surface area contributed by atoms with Crippen molar-refractivity contribution in [1.29, 1.82) is 0 Å². The van der Waals surface area contributed by atoms with Crippen molar-refractivity contribution >= 4 is 0 Å². The third-order valence-electron chi connectivity index (χ3n) is 3.38. The van der Waals surface area contributed by atoms with Crippen LogP contribution in [-0.2, 0) is 4.74 Å². The lowest BCUT2D eigenvalue weighted by molar-refractivity contribution is 0.0769. The average Bonchev–Trinajstić information content (AvgIpc) is 2.53. The minimum Gasteiger partial charge on any atom is -0.369 e. The fourth-order valence-corrected chi connectivity index (χ4v) is 2.30. The summed E-state index contributed by atoms with van der Waals surface area (Å²) in [4.78, 5) is 0. The van der Waals surface area contributed by atoms with Gasteiger partial charge in [0.2, 0.25) is 0 Å². The number of rotatable bonds is 8. The summed E-state index contributed by atoms with van der Waals surface area (Å²) in [5.41, 5.74) is 2.44. The van der Waals surface area contributed by atoms with Gasteiger partial charge in [0, 0.05) is 6.61 Å². The van der Waals surface area contributed by atoms with Gasteiger partial charge in [-0.1, -0.05) is 86.8 Å². The molecule has 0 spiro atoms. The first-order valence-electron chi connectivity index (χ1n) is 7.42. The Morgan fingerprint density at radius 2 is 1.30 bits per heavy atom. The Labute approximate surface area is 122 Å². The van der Waals surface area contributed by atoms with Crippen molar-refractivity contribution < 1.29 is 4.74 Å². The zero-order valence-corrected chi connectivity index (χ0v) is 12.0. The van der Waals surface area contributed by atoms with E-state index in [1.807, 2.05) is 12.1 Å². The van der Waals surface area contributed by atoms with E-state index in [4.69, 9.17) is 4.74 Å². The number of ether oxygens (including phenoxy) is 1. The van der Waals surface area contributed by atoms with E-state index in [1.165, 1.54) is 24.0 Å². The van der Waals surface area contributed by atoms with Crippen molar-refractivity contribution in [2.45, 2.75) is 31.8 Å². The Morgan fingerprint density at radius 3 is 1.80 bits per heavy atom. The summed E-state index contributed by atoms with van der Waals surface area (Å²) in [6, 6.07) is 20.9. The molecule has 0 bridgehead atoms. The SMILES string of the molecule is [CH2]CCCCCOC(c1ccccc1)c1ccccc1. The lowest BCUT2D eigenvalue weighted by atomic mass is 10.0. The van der Waals surface area contributed by atoms with Crippen LogP contribution in [-0.4, -0.2) is 6.61 Å². The van der Waals surface area contributed by atoms with E-state index < -0.39 is 0 Å². The molecular weight excluding hydrogens is 244 g/mol. The van der Waals surface area contributed by atoms with Gasteiger partial charge in [-0.25, -0.2) is 0 Å². The maximum atomic E-state index is 6.14. The lowest BCUT2D eigenvalue weighted by Gasteiger charge is -2.19. The van der Waals surface area contributed by atoms with E-state index in [0.717, 1.165) is 19.4 Å². The third kappa shape index (κ3) is 4.50. The molecule has 0 heterocycles. The van der Waals surface area contributed by atoms with Crippen molar-refractivity contribution in [2.24, 2.45) is 0 Å². The molecule has 20 heavy (non-hydrogen) atoms. The Bertz CT molecular complexity index is 424. The van der Waals surface area contributed by atoms with Crippen molar-refractivity contribution in [1.82, 2.24) is 0 Å². The van der Waals surface area contributed by atoms with Gasteiger partial charge in [0.05, 0.1) is 0 Å². The van der Waals surface area contributed by atoms with Crippen LogP contribution < -0.4 is 0 Å². The molecule has 0 atom stereocenters. The first-order valence-corrected chi connectivity index (χ1v) is 7.42. The molecule has 105 valence electrons. The number of hydrogen-bond acceptors (Lipinski definition) is 1. The number of hydrogen-bond donors (Lipinski definition) is 0. The van der Waals surface area contributed by atoms with Gasteiger partial charge in [-0.05, 0) is 17.5 Å². The van der Waals surface area contributed by atoms with Crippen LogP contribution >= 0.6 is 0 Å². The molecule has 0 unspecified atom stereocenters. The zero-order valence-electron chi connectivity index (χ0n) is 12.0. The van der Waals surface area contributed by atoms with Gasteiger partial charge >= 0.3 is 0 Å². The monoisotopic (exact) mass is 267 g/mol. The van der Waals surface area contributed by atoms with E-state index in [2.05, 4.69) is 55.5 Å². The standard InChI is InChI=1S/C19H23O/c1-2-3-4-11-16-20-19(17-12-7-5-8-13-17)18-14-9-6-10-15-18/h5-10,12-15,19H,1-4,11,16H2. The highest BCUT2D eigenvalue weighted by Crippen LogP contribution is 2.26. The van der Waals surface area contributed by atoms with Gasteiger partial charge in [-0.2, -0.15) is 0 Å². The molecule has 0 amide bonds. The molecule has 2 rings (SSSR count). The van der Waals surface area contributed by atoms with Crippen LogP contribution in [0.5, 0.6) is 0 Å². The molecule has 0 saturated heterocycles. The van der Waals surface area contributed by atoms with E-state index in [9.17, 15) is 0 Å². The minimum atomic E-state index is 0.0390. The highest BCUT2D eigenvalue weighted by Gasteiger charge is 2.13. The molecule has 0 saturated carbocycles. The molecule has 2 aromatic carbocycles. The van der Waals surface area contributed by atoms with Crippen LogP contribution in [0.1, 0.15) is 42.9 Å². The molecular formula is C19H23O. The van der Waals surface area contributed by atoms with Gasteiger partial charge < -0.3 is 4.74 Å². The van der Waals surface area contributed by atoms with E-state index >= 15 is 0 Å². The predicted octanol–water partition coefficient (Wildman–Crippen LogP) is 5.19. The smallest absolute Gasteiger partial charge is 0.108 e. The van der Waals surface area contributed by atoms with Crippen LogP contribution in [0.25, 0.3) is 0 Å². The molecule has 0 fully saturated rings. The Hall–Kier alpha value is -1.60. The predicted molar refractivity (Wildman–Crippen MR) is 84.5 cm³/mol. The van der Waals surface area contributed by atoms with Gasteiger partial charge in [0.1, 0.15) is 6.10 Å². The molecule has 1 radical (unpaired) electrons. The zero-order chi connectivity index (χ0) is 14.0. The van der Waals surface area contributed by atoms with Gasteiger partial charge in [0.25, 0.3) is 0 Å². The van der Waals surface area contributed by atoms with Gasteiger partial charge in [-0.3, -0.25) is 0 Å². The maximum Gasteiger partial charge on any atom is 0.108 e. The van der Waals surface area contributed by atoms with Crippen LogP contribution in [0.15, 0.2) is 60.7 Å². The summed E-state index contributed by atoms with van der Waals surface area (Å²) in [6.07, 6.45) is 4.54. The highest BCUT2D eigenvalue weighted by molar-refractivity contribution is 5.29. The molecule has 0 N–H and O–H groups in total. The van der Waals surface area contributed by atoms with Gasteiger partial charge in [-0.15, -0.1) is 0 Å². The lowest BCUT2D eigenvalue weighted by Crippen LogP contribution is -2.07. The second-order valence-corrected chi connectivity index (χ2v) is 4.99. The maximum absolute atomic E-state index is 6.14. The van der Waals surface area contributed by atoms with Crippen LogP contribution in [0.3, 0.4) is 0 Å². The van der Waals surface area contributed by atoms with Gasteiger partial charge in [0.15, 0.2) is 0 Å². The summed E-state index contributed by atoms with van der Waals surface area (Å²) in [6.45, 7) is 4.67. The number of benzene rings is 2. The molecule has 2 aromatic rings. The Balaban J connectivity index is 2.02. The molecule has 0 aliphatic heterocycles.